The molecule has 0 fully saturated rings. The molecule has 0 saturated carbocycles. The minimum absolute atomic E-state index is 0.0843. The number of aliphatic hydroxyl groups is 1. The number of hydrogen-bond acceptors (Lipinski definition) is 3. The lowest BCUT2D eigenvalue weighted by Gasteiger charge is -2.15. The summed E-state index contributed by atoms with van der Waals surface area (Å²) >= 11 is 0. The molecule has 0 aliphatic rings. The normalized spacial score (nSPS) is 12.0. The zero-order valence-corrected chi connectivity index (χ0v) is 12.1. The number of ether oxygens (including phenoxy) is 1. The molecule has 2 N–H and O–H groups in total. The highest BCUT2D eigenvalue weighted by molar-refractivity contribution is 5.76. The Morgan fingerprint density at radius 1 is 1.50 bits per heavy atom. The summed E-state index contributed by atoms with van der Waals surface area (Å²) in [6.07, 6.45) is 2.08. The van der Waals surface area contributed by atoms with Crippen molar-refractivity contribution in [1.29, 1.82) is 0 Å². The van der Waals surface area contributed by atoms with E-state index in [1.54, 1.807) is 12.1 Å². The number of nitrogens with one attached hydrogen (secondary N) is 1. The summed E-state index contributed by atoms with van der Waals surface area (Å²) in [4.78, 5) is 11.5. The molecule has 0 heterocycles. The molecule has 1 unspecified atom stereocenters. The van der Waals surface area contributed by atoms with Crippen LogP contribution in [0.5, 0.6) is 5.75 Å². The molecule has 0 aliphatic heterocycles. The van der Waals surface area contributed by atoms with Crippen molar-refractivity contribution < 1.29 is 14.6 Å². The lowest BCUT2D eigenvalue weighted by molar-refractivity contribution is -0.121. The van der Waals surface area contributed by atoms with Crippen molar-refractivity contribution in [3.63, 3.8) is 0 Å². The smallest absolute Gasteiger partial charge is 0.220 e. The molecule has 0 bridgehead atoms. The number of carbonyl (C=O) groups excluding carboxylic acids is 1. The molecule has 0 aromatic heterocycles. The van der Waals surface area contributed by atoms with Crippen LogP contribution in [0.25, 0.3) is 0 Å². The van der Waals surface area contributed by atoms with Gasteiger partial charge in [-0.25, -0.2) is 0 Å². The molecule has 4 nitrogen and oxygen atoms in total. The maximum atomic E-state index is 11.5. The average molecular weight is 277 g/mol. The van der Waals surface area contributed by atoms with Gasteiger partial charge in [-0.1, -0.05) is 18.2 Å². The predicted octanol–water partition coefficient (Wildman–Crippen LogP) is 2.59. The Kier molecular flexibility index (Phi) is 6.81. The van der Waals surface area contributed by atoms with E-state index in [4.69, 9.17) is 4.74 Å². The van der Waals surface area contributed by atoms with Crippen LogP contribution in [-0.4, -0.2) is 23.7 Å². The zero-order chi connectivity index (χ0) is 15.0. The van der Waals surface area contributed by atoms with Gasteiger partial charge in [-0.15, -0.1) is 6.58 Å². The zero-order valence-electron chi connectivity index (χ0n) is 12.1. The van der Waals surface area contributed by atoms with Gasteiger partial charge in [-0.3, -0.25) is 4.79 Å². The maximum Gasteiger partial charge on any atom is 0.220 e. The van der Waals surface area contributed by atoms with Crippen molar-refractivity contribution in [2.24, 2.45) is 0 Å². The Balaban J connectivity index is 2.52. The van der Waals surface area contributed by atoms with Crippen LogP contribution in [0.2, 0.25) is 0 Å². The number of amides is 1. The Hall–Kier alpha value is -1.81. The maximum absolute atomic E-state index is 11.5. The summed E-state index contributed by atoms with van der Waals surface area (Å²) < 4.78 is 5.57. The molecule has 0 spiro atoms. The molecule has 1 aromatic carbocycles. The monoisotopic (exact) mass is 277 g/mol. The van der Waals surface area contributed by atoms with Crippen molar-refractivity contribution in [2.75, 3.05) is 6.54 Å². The Morgan fingerprint density at radius 3 is 2.90 bits per heavy atom. The Bertz CT molecular complexity index is 443. The number of hydrogen-bond donors (Lipinski definition) is 2. The van der Waals surface area contributed by atoms with Gasteiger partial charge in [0.2, 0.25) is 5.91 Å². The first kappa shape index (κ1) is 16.2. The van der Waals surface area contributed by atoms with Gasteiger partial charge in [-0.2, -0.15) is 0 Å². The van der Waals surface area contributed by atoms with Gasteiger partial charge in [0, 0.05) is 13.0 Å². The van der Waals surface area contributed by atoms with Crippen molar-refractivity contribution in [1.82, 2.24) is 5.32 Å². The van der Waals surface area contributed by atoms with Gasteiger partial charge >= 0.3 is 0 Å². The molecule has 4 heteroatoms. The van der Waals surface area contributed by atoms with E-state index >= 15 is 0 Å². The van der Waals surface area contributed by atoms with Crippen LogP contribution in [0.3, 0.4) is 0 Å². The molecule has 0 aliphatic carbocycles. The number of rotatable bonds is 8. The highest BCUT2D eigenvalue weighted by atomic mass is 16.5. The second-order valence-electron chi connectivity index (χ2n) is 4.89. The first-order valence-electron chi connectivity index (χ1n) is 6.85. The van der Waals surface area contributed by atoms with Crippen LogP contribution in [0.1, 0.15) is 38.4 Å². The van der Waals surface area contributed by atoms with Gasteiger partial charge in [-0.05, 0) is 38.0 Å². The van der Waals surface area contributed by atoms with Crippen LogP contribution >= 0.6 is 0 Å². The van der Waals surface area contributed by atoms with Gasteiger partial charge in [0.25, 0.3) is 0 Å². The topological polar surface area (TPSA) is 58.6 Å². The summed E-state index contributed by atoms with van der Waals surface area (Å²) in [5.41, 5.74) is 0.729. The van der Waals surface area contributed by atoms with E-state index in [0.29, 0.717) is 12.8 Å². The fourth-order valence-corrected chi connectivity index (χ4v) is 1.72. The molecule has 1 atom stereocenters. The van der Waals surface area contributed by atoms with Crippen LogP contribution in [0.15, 0.2) is 36.9 Å². The number of allylic oxidation sites excluding steroid dienone is 1. The van der Waals surface area contributed by atoms with Gasteiger partial charge in [0.1, 0.15) is 5.75 Å². The molecule has 1 aromatic rings. The largest absolute Gasteiger partial charge is 0.491 e. The van der Waals surface area contributed by atoms with Crippen molar-refractivity contribution >= 4 is 5.91 Å². The summed E-state index contributed by atoms with van der Waals surface area (Å²) in [6.45, 7) is 7.66. The molecule has 0 saturated heterocycles. The summed E-state index contributed by atoms with van der Waals surface area (Å²) in [6, 6.07) is 7.28. The second kappa shape index (κ2) is 8.38. The van der Waals surface area contributed by atoms with E-state index in [1.807, 2.05) is 32.0 Å². The molecular formula is C16H23NO3. The number of carbonyl (C=O) groups is 1. The first-order valence-corrected chi connectivity index (χ1v) is 6.85. The van der Waals surface area contributed by atoms with Crippen molar-refractivity contribution in [3.05, 3.63) is 42.5 Å². The summed E-state index contributed by atoms with van der Waals surface area (Å²) in [5, 5.41) is 12.8. The molecular weight excluding hydrogens is 254 g/mol. The first-order chi connectivity index (χ1) is 9.52. The minimum atomic E-state index is -0.738. The van der Waals surface area contributed by atoms with Crippen LogP contribution in [0, 0.1) is 0 Å². The molecule has 0 radical (unpaired) electrons. The third-order valence-electron chi connectivity index (χ3n) is 2.68. The van der Waals surface area contributed by atoms with E-state index < -0.39 is 6.10 Å². The van der Waals surface area contributed by atoms with E-state index in [0.717, 1.165) is 11.3 Å². The van der Waals surface area contributed by atoms with Crippen LogP contribution in [0.4, 0.5) is 0 Å². The SMILES string of the molecule is C=CCCC(=O)NCC(O)c1cccc(OC(C)C)c1. The Morgan fingerprint density at radius 2 is 2.25 bits per heavy atom. The quantitative estimate of drug-likeness (QED) is 0.718. The van der Waals surface area contributed by atoms with Crippen LogP contribution in [-0.2, 0) is 4.79 Å². The fourth-order valence-electron chi connectivity index (χ4n) is 1.72. The Labute approximate surface area is 120 Å². The lowest BCUT2D eigenvalue weighted by Crippen LogP contribution is -2.28. The van der Waals surface area contributed by atoms with Gasteiger partial charge in [0.15, 0.2) is 0 Å². The second-order valence-corrected chi connectivity index (χ2v) is 4.89. The van der Waals surface area contributed by atoms with Gasteiger partial charge < -0.3 is 15.2 Å². The van der Waals surface area contributed by atoms with E-state index in [1.165, 1.54) is 0 Å². The van der Waals surface area contributed by atoms with E-state index in [9.17, 15) is 9.90 Å². The van der Waals surface area contributed by atoms with Gasteiger partial charge in [0.05, 0.1) is 12.2 Å². The van der Waals surface area contributed by atoms with Crippen molar-refractivity contribution in [3.8, 4) is 5.75 Å². The van der Waals surface area contributed by atoms with E-state index in [2.05, 4.69) is 11.9 Å². The average Bonchev–Trinajstić information content (AvgIpc) is 2.42. The highest BCUT2D eigenvalue weighted by Crippen LogP contribution is 2.19. The third kappa shape index (κ3) is 5.89. The molecule has 1 rings (SSSR count). The third-order valence-corrected chi connectivity index (χ3v) is 2.68. The number of aliphatic hydroxyl groups excluding tert-OH is 1. The van der Waals surface area contributed by atoms with Crippen LogP contribution < -0.4 is 10.1 Å². The summed E-state index contributed by atoms with van der Waals surface area (Å²) in [7, 11) is 0. The highest BCUT2D eigenvalue weighted by Gasteiger charge is 2.10. The summed E-state index contributed by atoms with van der Waals surface area (Å²) in [5.74, 6) is 0.632. The standard InChI is InChI=1S/C16H23NO3/c1-4-5-9-16(19)17-11-15(18)13-7-6-8-14(10-13)20-12(2)3/h4,6-8,10,12,15,18H,1,5,9,11H2,2-3H3,(H,17,19). The predicted molar refractivity (Wildman–Crippen MR) is 79.6 cm³/mol. The lowest BCUT2D eigenvalue weighted by atomic mass is 10.1. The van der Waals surface area contributed by atoms with Crippen molar-refractivity contribution in [2.45, 2.75) is 38.9 Å². The minimum Gasteiger partial charge on any atom is -0.491 e. The molecule has 20 heavy (non-hydrogen) atoms. The molecule has 110 valence electrons. The fraction of sp³-hybridized carbons (Fsp3) is 0.438. The number of benzene rings is 1. The van der Waals surface area contributed by atoms with E-state index in [-0.39, 0.29) is 18.6 Å². The molecule has 1 amide bonds.